The molecule has 2 aromatic carbocycles. The summed E-state index contributed by atoms with van der Waals surface area (Å²) in [7, 11) is -3.57. The van der Waals surface area contributed by atoms with Gasteiger partial charge in [0.15, 0.2) is 11.6 Å². The minimum Gasteiger partial charge on any atom is -0.352 e. The van der Waals surface area contributed by atoms with Crippen LogP contribution in [-0.4, -0.2) is 36.6 Å². The van der Waals surface area contributed by atoms with Crippen LogP contribution in [0.2, 0.25) is 0 Å². The first-order chi connectivity index (χ1) is 15.7. The third-order valence-corrected chi connectivity index (χ3v) is 5.67. The molecule has 1 heterocycles. The lowest BCUT2D eigenvalue weighted by Gasteiger charge is -2.14. The number of nitrogens with zero attached hydrogens (tertiary/aromatic N) is 2. The van der Waals surface area contributed by atoms with E-state index >= 15 is 0 Å². The second-order valence-corrected chi connectivity index (χ2v) is 8.76. The predicted octanol–water partition coefficient (Wildman–Crippen LogP) is 3.75. The number of anilines is 5. The Labute approximate surface area is 189 Å². The SMILES string of the molecule is CCNC(=O)c1ccc(F)c(Nc2ncc(F)c(Nc3ccccc3NS(=O)(=O)CC)n2)c1. The summed E-state index contributed by atoms with van der Waals surface area (Å²) >= 11 is 0. The van der Waals surface area contributed by atoms with Crippen LogP contribution in [0, 0.1) is 11.6 Å². The van der Waals surface area contributed by atoms with Gasteiger partial charge < -0.3 is 16.0 Å². The van der Waals surface area contributed by atoms with E-state index in [1.54, 1.807) is 19.1 Å². The topological polar surface area (TPSA) is 125 Å². The molecule has 0 bridgehead atoms. The summed E-state index contributed by atoms with van der Waals surface area (Å²) in [6.45, 7) is 3.65. The zero-order valence-corrected chi connectivity index (χ0v) is 18.6. The van der Waals surface area contributed by atoms with E-state index in [4.69, 9.17) is 0 Å². The second-order valence-electron chi connectivity index (χ2n) is 6.75. The normalized spacial score (nSPS) is 11.0. The summed E-state index contributed by atoms with van der Waals surface area (Å²) in [6, 6.07) is 10.0. The molecule has 3 rings (SSSR count). The largest absolute Gasteiger partial charge is 0.352 e. The molecule has 0 atom stereocenters. The lowest BCUT2D eigenvalue weighted by molar-refractivity contribution is 0.0956. The van der Waals surface area contributed by atoms with E-state index in [9.17, 15) is 22.0 Å². The van der Waals surface area contributed by atoms with Crippen LogP contribution in [0.3, 0.4) is 0 Å². The predicted molar refractivity (Wildman–Crippen MR) is 122 cm³/mol. The van der Waals surface area contributed by atoms with E-state index in [0.717, 1.165) is 12.3 Å². The van der Waals surface area contributed by atoms with Gasteiger partial charge in [-0.25, -0.2) is 22.2 Å². The molecule has 0 saturated heterocycles. The number of para-hydroxylation sites is 2. The van der Waals surface area contributed by atoms with Crippen molar-refractivity contribution < 1.29 is 22.0 Å². The Hall–Kier alpha value is -3.80. The van der Waals surface area contributed by atoms with Crippen LogP contribution in [0.1, 0.15) is 24.2 Å². The van der Waals surface area contributed by atoms with Gasteiger partial charge in [0.1, 0.15) is 5.82 Å². The molecule has 0 unspecified atom stereocenters. The molecular formula is C21H22F2N6O3S. The van der Waals surface area contributed by atoms with Crippen LogP contribution in [0.25, 0.3) is 0 Å². The van der Waals surface area contributed by atoms with Gasteiger partial charge in [0.25, 0.3) is 5.91 Å². The van der Waals surface area contributed by atoms with E-state index < -0.39 is 21.7 Å². The van der Waals surface area contributed by atoms with Crippen LogP contribution in [0.15, 0.2) is 48.7 Å². The molecule has 174 valence electrons. The van der Waals surface area contributed by atoms with Crippen molar-refractivity contribution in [1.82, 2.24) is 15.3 Å². The van der Waals surface area contributed by atoms with Gasteiger partial charge in [-0.05, 0) is 44.2 Å². The standard InChI is InChI=1S/C21H22F2N6O3S/c1-3-24-20(30)13-9-10-14(22)18(11-13)27-21-25-12-15(23)19(28-21)26-16-7-5-6-8-17(16)29-33(31,32)4-2/h5-12,29H,3-4H2,1-2H3,(H,24,30)(H2,25,26,27,28). The number of hydrogen-bond acceptors (Lipinski definition) is 7. The second kappa shape index (κ2) is 10.2. The molecule has 0 fully saturated rings. The molecule has 9 nitrogen and oxygen atoms in total. The molecule has 0 aliphatic rings. The highest BCUT2D eigenvalue weighted by Crippen LogP contribution is 2.28. The van der Waals surface area contributed by atoms with Crippen molar-refractivity contribution in [3.05, 3.63) is 65.9 Å². The van der Waals surface area contributed by atoms with Crippen molar-refractivity contribution in [2.75, 3.05) is 27.7 Å². The molecule has 12 heteroatoms. The smallest absolute Gasteiger partial charge is 0.251 e. The van der Waals surface area contributed by atoms with E-state index in [0.29, 0.717) is 6.54 Å². The Bertz CT molecular complexity index is 1270. The number of nitrogens with one attached hydrogen (secondary N) is 4. The highest BCUT2D eigenvalue weighted by Gasteiger charge is 2.15. The first-order valence-electron chi connectivity index (χ1n) is 9.96. The Morgan fingerprint density at radius 2 is 1.70 bits per heavy atom. The fraction of sp³-hybridized carbons (Fsp3) is 0.190. The summed E-state index contributed by atoms with van der Waals surface area (Å²) in [6.07, 6.45) is 0.877. The number of aromatic nitrogens is 2. The van der Waals surface area contributed by atoms with Gasteiger partial charge in [-0.1, -0.05) is 12.1 Å². The minimum absolute atomic E-state index is 0.0765. The monoisotopic (exact) mass is 476 g/mol. The van der Waals surface area contributed by atoms with Gasteiger partial charge in [-0.3, -0.25) is 9.52 Å². The van der Waals surface area contributed by atoms with Crippen molar-refractivity contribution in [2.24, 2.45) is 0 Å². The lowest BCUT2D eigenvalue weighted by Crippen LogP contribution is -2.22. The zero-order valence-electron chi connectivity index (χ0n) is 17.8. The van der Waals surface area contributed by atoms with E-state index in [-0.39, 0.29) is 46.1 Å². The quantitative estimate of drug-likeness (QED) is 0.371. The van der Waals surface area contributed by atoms with Crippen LogP contribution in [0.4, 0.5) is 37.6 Å². The fourth-order valence-electron chi connectivity index (χ4n) is 2.71. The fourth-order valence-corrected chi connectivity index (χ4v) is 3.37. The van der Waals surface area contributed by atoms with E-state index in [1.165, 1.54) is 31.2 Å². The average Bonchev–Trinajstić information content (AvgIpc) is 2.78. The first-order valence-corrected chi connectivity index (χ1v) is 11.6. The number of amides is 1. The molecule has 0 aliphatic carbocycles. The molecule has 3 aromatic rings. The summed E-state index contributed by atoms with van der Waals surface area (Å²) in [4.78, 5) is 19.8. The minimum atomic E-state index is -3.57. The molecule has 1 aromatic heterocycles. The third-order valence-electron chi connectivity index (χ3n) is 4.38. The number of halogens is 2. The maximum Gasteiger partial charge on any atom is 0.251 e. The summed E-state index contributed by atoms with van der Waals surface area (Å²) in [5, 5.41) is 7.97. The van der Waals surface area contributed by atoms with Gasteiger partial charge in [-0.15, -0.1) is 0 Å². The molecule has 0 spiro atoms. The Balaban J connectivity index is 1.88. The Kier molecular flexibility index (Phi) is 7.38. The molecule has 0 aliphatic heterocycles. The highest BCUT2D eigenvalue weighted by atomic mass is 32.2. The Morgan fingerprint density at radius 1 is 0.970 bits per heavy atom. The van der Waals surface area contributed by atoms with Crippen LogP contribution in [0.5, 0.6) is 0 Å². The van der Waals surface area contributed by atoms with Gasteiger partial charge >= 0.3 is 0 Å². The lowest BCUT2D eigenvalue weighted by atomic mass is 10.2. The van der Waals surface area contributed by atoms with Gasteiger partial charge in [0.2, 0.25) is 16.0 Å². The highest BCUT2D eigenvalue weighted by molar-refractivity contribution is 7.92. The Morgan fingerprint density at radius 3 is 2.39 bits per heavy atom. The third kappa shape index (κ3) is 6.13. The number of carbonyl (C=O) groups is 1. The van der Waals surface area contributed by atoms with Crippen LogP contribution in [-0.2, 0) is 10.0 Å². The van der Waals surface area contributed by atoms with Gasteiger partial charge in [0.05, 0.1) is 29.0 Å². The molecular weight excluding hydrogens is 454 g/mol. The summed E-state index contributed by atoms with van der Waals surface area (Å²) in [5.41, 5.74) is 0.598. The van der Waals surface area contributed by atoms with E-state index in [1.807, 2.05) is 0 Å². The summed E-state index contributed by atoms with van der Waals surface area (Å²) < 4.78 is 54.9. The number of hydrogen-bond donors (Lipinski definition) is 4. The molecule has 4 N–H and O–H groups in total. The summed E-state index contributed by atoms with van der Waals surface area (Å²) in [5.74, 6) is -2.41. The van der Waals surface area contributed by atoms with Crippen molar-refractivity contribution >= 4 is 44.8 Å². The van der Waals surface area contributed by atoms with Crippen molar-refractivity contribution in [3.63, 3.8) is 0 Å². The van der Waals surface area contributed by atoms with E-state index in [2.05, 4.69) is 30.6 Å². The van der Waals surface area contributed by atoms with Crippen LogP contribution < -0.4 is 20.7 Å². The molecule has 0 saturated carbocycles. The number of benzene rings is 2. The maximum atomic E-state index is 14.4. The number of carbonyl (C=O) groups excluding carboxylic acids is 1. The molecule has 1 amide bonds. The van der Waals surface area contributed by atoms with Crippen molar-refractivity contribution in [1.29, 1.82) is 0 Å². The molecule has 33 heavy (non-hydrogen) atoms. The van der Waals surface area contributed by atoms with Gasteiger partial charge in [-0.2, -0.15) is 4.98 Å². The van der Waals surface area contributed by atoms with Crippen molar-refractivity contribution in [2.45, 2.75) is 13.8 Å². The van der Waals surface area contributed by atoms with Gasteiger partial charge in [0, 0.05) is 12.1 Å². The maximum absolute atomic E-state index is 14.4. The zero-order chi connectivity index (χ0) is 24.0. The van der Waals surface area contributed by atoms with Crippen LogP contribution >= 0.6 is 0 Å². The number of rotatable bonds is 9. The molecule has 0 radical (unpaired) electrons. The average molecular weight is 477 g/mol. The first kappa shape index (κ1) is 23.9. The van der Waals surface area contributed by atoms with Crippen molar-refractivity contribution in [3.8, 4) is 0 Å². The number of sulfonamides is 1.